The fourth-order valence-corrected chi connectivity index (χ4v) is 4.24. The highest BCUT2D eigenvalue weighted by Crippen LogP contribution is 2.27. The van der Waals surface area contributed by atoms with Crippen LogP contribution < -0.4 is 4.72 Å². The third-order valence-electron chi connectivity index (χ3n) is 3.81. The number of benzene rings is 1. The fraction of sp³-hybridized carbons (Fsp3) is 0.500. The van der Waals surface area contributed by atoms with E-state index >= 15 is 0 Å². The van der Waals surface area contributed by atoms with Gasteiger partial charge in [-0.15, -0.1) is 0 Å². The average Bonchev–Trinajstić information content (AvgIpc) is 2.85. The molecule has 0 bridgehead atoms. The number of hydrogen-bond acceptors (Lipinski definition) is 4. The quantitative estimate of drug-likeness (QED) is 0.876. The molecule has 0 saturated heterocycles. The van der Waals surface area contributed by atoms with E-state index in [-0.39, 0.29) is 23.5 Å². The molecule has 20 heavy (non-hydrogen) atoms. The summed E-state index contributed by atoms with van der Waals surface area (Å²) in [7, 11) is -3.66. The number of nitrogens with zero attached hydrogens (tertiary/aromatic N) is 1. The molecule has 2 rings (SSSR count). The number of aliphatic hydroxyl groups excluding tert-OH is 1. The molecule has 2 atom stereocenters. The molecule has 2 unspecified atom stereocenters. The lowest BCUT2D eigenvalue weighted by molar-refractivity contribution is 0.213. The van der Waals surface area contributed by atoms with Gasteiger partial charge in [-0.25, -0.2) is 13.1 Å². The first-order valence-electron chi connectivity index (χ1n) is 6.62. The standard InChI is InChI=1S/C14H18N2O3S/c1-10-5-6-11(8-15)7-14(10)20(18,19)16-13-4-2-3-12(13)9-17/h5-7,12-13,16-17H,2-4,9H2,1H3. The molecule has 5 nitrogen and oxygen atoms in total. The van der Waals surface area contributed by atoms with Crippen molar-refractivity contribution in [2.75, 3.05) is 6.61 Å². The van der Waals surface area contributed by atoms with Crippen molar-refractivity contribution in [1.82, 2.24) is 4.72 Å². The van der Waals surface area contributed by atoms with Gasteiger partial charge in [-0.05, 0) is 43.4 Å². The monoisotopic (exact) mass is 294 g/mol. The molecule has 0 radical (unpaired) electrons. The minimum Gasteiger partial charge on any atom is -0.396 e. The summed E-state index contributed by atoms with van der Waals surface area (Å²) in [5, 5.41) is 18.1. The fourth-order valence-electron chi connectivity index (χ4n) is 2.63. The normalized spacial score (nSPS) is 22.6. The number of nitriles is 1. The van der Waals surface area contributed by atoms with Gasteiger partial charge in [0.1, 0.15) is 0 Å². The van der Waals surface area contributed by atoms with Gasteiger partial charge in [0, 0.05) is 12.6 Å². The SMILES string of the molecule is Cc1ccc(C#N)cc1S(=O)(=O)NC1CCCC1CO. The summed E-state index contributed by atoms with van der Waals surface area (Å²) in [5.74, 6) is -0.0239. The van der Waals surface area contributed by atoms with E-state index in [0.29, 0.717) is 11.1 Å². The van der Waals surface area contributed by atoms with Crippen molar-refractivity contribution in [3.05, 3.63) is 29.3 Å². The number of sulfonamides is 1. The largest absolute Gasteiger partial charge is 0.396 e. The molecule has 1 aromatic rings. The Morgan fingerprint density at radius 2 is 2.20 bits per heavy atom. The molecular weight excluding hydrogens is 276 g/mol. The Morgan fingerprint density at radius 1 is 1.45 bits per heavy atom. The number of aryl methyl sites for hydroxylation is 1. The molecule has 0 aromatic heterocycles. The second-order valence-corrected chi connectivity index (χ2v) is 6.88. The third-order valence-corrected chi connectivity index (χ3v) is 5.44. The summed E-state index contributed by atoms with van der Waals surface area (Å²) in [4.78, 5) is 0.139. The summed E-state index contributed by atoms with van der Waals surface area (Å²) in [6.45, 7) is 1.69. The summed E-state index contributed by atoms with van der Waals surface area (Å²) >= 11 is 0. The maximum atomic E-state index is 12.4. The molecule has 1 saturated carbocycles. The zero-order valence-electron chi connectivity index (χ0n) is 11.3. The zero-order chi connectivity index (χ0) is 14.8. The van der Waals surface area contributed by atoms with Gasteiger partial charge in [-0.1, -0.05) is 12.5 Å². The van der Waals surface area contributed by atoms with Gasteiger partial charge in [0.2, 0.25) is 10.0 Å². The van der Waals surface area contributed by atoms with Crippen LogP contribution in [0.15, 0.2) is 23.1 Å². The molecule has 1 aliphatic carbocycles. The van der Waals surface area contributed by atoms with E-state index in [0.717, 1.165) is 19.3 Å². The van der Waals surface area contributed by atoms with Crippen molar-refractivity contribution in [3.63, 3.8) is 0 Å². The Morgan fingerprint density at radius 3 is 2.85 bits per heavy atom. The molecule has 1 aromatic carbocycles. The topological polar surface area (TPSA) is 90.2 Å². The van der Waals surface area contributed by atoms with E-state index < -0.39 is 10.0 Å². The highest BCUT2D eigenvalue weighted by molar-refractivity contribution is 7.89. The lowest BCUT2D eigenvalue weighted by Gasteiger charge is -2.19. The zero-order valence-corrected chi connectivity index (χ0v) is 12.2. The predicted octanol–water partition coefficient (Wildman–Crippen LogP) is 1.31. The minimum atomic E-state index is -3.66. The number of hydrogen-bond donors (Lipinski definition) is 2. The van der Waals surface area contributed by atoms with Crippen LogP contribution in [0.3, 0.4) is 0 Å². The molecule has 0 heterocycles. The molecule has 0 aliphatic heterocycles. The van der Waals surface area contributed by atoms with Crippen LogP contribution in [0.25, 0.3) is 0 Å². The Hall–Kier alpha value is -1.42. The van der Waals surface area contributed by atoms with Gasteiger partial charge in [-0.2, -0.15) is 5.26 Å². The Balaban J connectivity index is 2.29. The summed E-state index contributed by atoms with van der Waals surface area (Å²) in [6.07, 6.45) is 2.48. The van der Waals surface area contributed by atoms with E-state index in [4.69, 9.17) is 5.26 Å². The maximum absolute atomic E-state index is 12.4. The molecule has 2 N–H and O–H groups in total. The molecule has 0 spiro atoms. The van der Waals surface area contributed by atoms with Gasteiger partial charge >= 0.3 is 0 Å². The Labute approximate surface area is 119 Å². The van der Waals surface area contributed by atoms with Gasteiger partial charge < -0.3 is 5.11 Å². The van der Waals surface area contributed by atoms with Crippen LogP contribution in [0.2, 0.25) is 0 Å². The third kappa shape index (κ3) is 3.01. The van der Waals surface area contributed by atoms with Crippen molar-refractivity contribution in [3.8, 4) is 6.07 Å². The van der Waals surface area contributed by atoms with Gasteiger partial charge in [-0.3, -0.25) is 0 Å². The average molecular weight is 294 g/mol. The first-order valence-corrected chi connectivity index (χ1v) is 8.10. The van der Waals surface area contributed by atoms with Gasteiger partial charge in [0.15, 0.2) is 0 Å². The Kier molecular flexibility index (Phi) is 4.43. The summed E-state index contributed by atoms with van der Waals surface area (Å²) in [5.41, 5.74) is 0.927. The predicted molar refractivity (Wildman–Crippen MR) is 74.4 cm³/mol. The van der Waals surface area contributed by atoms with E-state index in [9.17, 15) is 13.5 Å². The molecule has 108 valence electrons. The van der Waals surface area contributed by atoms with Crippen LogP contribution in [-0.4, -0.2) is 26.2 Å². The van der Waals surface area contributed by atoms with E-state index in [1.54, 1.807) is 19.1 Å². The summed E-state index contributed by atoms with van der Waals surface area (Å²) in [6, 6.07) is 6.34. The molecule has 6 heteroatoms. The lowest BCUT2D eigenvalue weighted by Crippen LogP contribution is -2.38. The highest BCUT2D eigenvalue weighted by Gasteiger charge is 2.31. The van der Waals surface area contributed by atoms with E-state index in [1.165, 1.54) is 6.07 Å². The molecule has 0 amide bonds. The van der Waals surface area contributed by atoms with Crippen LogP contribution >= 0.6 is 0 Å². The number of nitrogens with one attached hydrogen (secondary N) is 1. The van der Waals surface area contributed by atoms with Crippen LogP contribution in [0.4, 0.5) is 0 Å². The van der Waals surface area contributed by atoms with Gasteiger partial charge in [0.25, 0.3) is 0 Å². The molecular formula is C14H18N2O3S. The second kappa shape index (κ2) is 5.92. The van der Waals surface area contributed by atoms with Gasteiger partial charge in [0.05, 0.1) is 16.5 Å². The molecule has 1 fully saturated rings. The van der Waals surface area contributed by atoms with Crippen molar-refractivity contribution < 1.29 is 13.5 Å². The molecule has 1 aliphatic rings. The van der Waals surface area contributed by atoms with Crippen LogP contribution in [-0.2, 0) is 10.0 Å². The smallest absolute Gasteiger partial charge is 0.241 e. The maximum Gasteiger partial charge on any atom is 0.241 e. The van der Waals surface area contributed by atoms with Crippen molar-refractivity contribution in [2.45, 2.75) is 37.1 Å². The van der Waals surface area contributed by atoms with Crippen molar-refractivity contribution in [1.29, 1.82) is 5.26 Å². The number of aliphatic hydroxyl groups is 1. The first kappa shape index (κ1) is 15.0. The van der Waals surface area contributed by atoms with Crippen molar-refractivity contribution >= 4 is 10.0 Å². The van der Waals surface area contributed by atoms with E-state index in [1.807, 2.05) is 6.07 Å². The second-order valence-electron chi connectivity index (χ2n) is 5.19. The highest BCUT2D eigenvalue weighted by atomic mass is 32.2. The Bertz CT molecular complexity index is 634. The van der Waals surface area contributed by atoms with Crippen LogP contribution in [0, 0.1) is 24.2 Å². The van der Waals surface area contributed by atoms with Crippen LogP contribution in [0.1, 0.15) is 30.4 Å². The van der Waals surface area contributed by atoms with Crippen LogP contribution in [0.5, 0.6) is 0 Å². The summed E-state index contributed by atoms with van der Waals surface area (Å²) < 4.78 is 27.5. The van der Waals surface area contributed by atoms with Crippen molar-refractivity contribution in [2.24, 2.45) is 5.92 Å². The lowest BCUT2D eigenvalue weighted by atomic mass is 10.1. The minimum absolute atomic E-state index is 0.00952. The number of rotatable bonds is 4. The first-order chi connectivity index (χ1) is 9.47. The van der Waals surface area contributed by atoms with E-state index in [2.05, 4.69) is 4.72 Å².